The quantitative estimate of drug-likeness (QED) is 0.267. The molecule has 0 aliphatic carbocycles. The molecule has 0 saturated heterocycles. The molecule has 0 aromatic heterocycles. The Morgan fingerprint density at radius 1 is 0.625 bits per heavy atom. The van der Waals surface area contributed by atoms with E-state index in [9.17, 15) is 4.79 Å². The molecule has 0 saturated carbocycles. The van der Waals surface area contributed by atoms with Crippen LogP contribution in [0.2, 0.25) is 0 Å². The Kier molecular flexibility index (Phi) is 129. The van der Waals surface area contributed by atoms with Gasteiger partial charge in [0.15, 0.2) is 0 Å². The Balaban J connectivity index is -0.0000000579. The maximum absolute atomic E-state index is 11.1. The number of hydrogen-bond acceptors (Lipinski definition) is 2. The molecule has 2 nitrogen and oxygen atoms in total. The standard InChI is InChI=1S/C16H32O2.7C2H6/c1-5-6-7-8-9-10-11-12-14(2)16(18-4)13-15(3)17;7*1-2/h14,16H,5-13H2,1-4H3;7*1-2H3. The fraction of sp³-hybridized carbons (Fsp3) is 0.967. The van der Waals surface area contributed by atoms with Gasteiger partial charge < -0.3 is 4.74 Å². The van der Waals surface area contributed by atoms with E-state index in [0.29, 0.717) is 12.3 Å². The fourth-order valence-corrected chi connectivity index (χ4v) is 2.41. The molecule has 206 valence electrons. The number of methoxy groups -OCH3 is 1. The zero-order valence-electron chi connectivity index (χ0n) is 26.8. The first-order valence-corrected chi connectivity index (χ1v) is 14.6. The molecule has 2 atom stereocenters. The highest BCUT2D eigenvalue weighted by Gasteiger charge is 2.17. The molecule has 0 aliphatic rings. The Bertz CT molecular complexity index is 203. The number of unbranched alkanes of at least 4 members (excludes halogenated alkanes) is 6. The van der Waals surface area contributed by atoms with Crippen LogP contribution in [0.5, 0.6) is 0 Å². The van der Waals surface area contributed by atoms with Gasteiger partial charge in [0.1, 0.15) is 5.78 Å². The molecule has 2 heteroatoms. The van der Waals surface area contributed by atoms with Crippen molar-refractivity contribution in [1.82, 2.24) is 0 Å². The van der Waals surface area contributed by atoms with Gasteiger partial charge in [-0.05, 0) is 19.3 Å². The van der Waals surface area contributed by atoms with Gasteiger partial charge in [0, 0.05) is 13.5 Å². The van der Waals surface area contributed by atoms with Gasteiger partial charge in [-0.25, -0.2) is 0 Å². The molecule has 0 spiro atoms. The molecule has 0 aliphatic heterocycles. The lowest BCUT2D eigenvalue weighted by atomic mass is 9.94. The molecule has 0 bridgehead atoms. The lowest BCUT2D eigenvalue weighted by Gasteiger charge is -2.21. The van der Waals surface area contributed by atoms with Crippen molar-refractivity contribution in [3.63, 3.8) is 0 Å². The second-order valence-corrected chi connectivity index (χ2v) is 5.57. The lowest BCUT2D eigenvalue weighted by molar-refractivity contribution is -0.120. The third-order valence-electron chi connectivity index (χ3n) is 3.69. The number of carbonyl (C=O) groups is 1. The molecule has 0 amide bonds. The van der Waals surface area contributed by atoms with E-state index < -0.39 is 0 Å². The van der Waals surface area contributed by atoms with Gasteiger partial charge in [0.25, 0.3) is 0 Å². The Hall–Kier alpha value is -0.370. The molecule has 0 rings (SSSR count). The van der Waals surface area contributed by atoms with Crippen LogP contribution in [-0.2, 0) is 9.53 Å². The van der Waals surface area contributed by atoms with Crippen LogP contribution in [-0.4, -0.2) is 19.0 Å². The molecule has 0 aromatic carbocycles. The van der Waals surface area contributed by atoms with Crippen LogP contribution in [0.3, 0.4) is 0 Å². The summed E-state index contributed by atoms with van der Waals surface area (Å²) in [5, 5.41) is 0. The molecule has 0 N–H and O–H groups in total. The molecule has 0 fully saturated rings. The zero-order valence-corrected chi connectivity index (χ0v) is 26.8. The highest BCUT2D eigenvalue weighted by Crippen LogP contribution is 2.19. The van der Waals surface area contributed by atoms with E-state index in [2.05, 4.69) is 13.8 Å². The van der Waals surface area contributed by atoms with Crippen molar-refractivity contribution in [2.45, 2.75) is 182 Å². The van der Waals surface area contributed by atoms with Crippen LogP contribution in [0.25, 0.3) is 0 Å². The summed E-state index contributed by atoms with van der Waals surface area (Å²) in [6.45, 7) is 34.1. The van der Waals surface area contributed by atoms with Gasteiger partial charge in [-0.3, -0.25) is 4.79 Å². The summed E-state index contributed by atoms with van der Waals surface area (Å²) in [6, 6.07) is 0. The third kappa shape index (κ3) is 70.0. The minimum Gasteiger partial charge on any atom is -0.381 e. The van der Waals surface area contributed by atoms with Crippen molar-refractivity contribution >= 4 is 5.78 Å². The number of Topliss-reactive ketones (excluding diaryl/α,β-unsaturated/α-hetero) is 1. The second kappa shape index (κ2) is 77.5. The van der Waals surface area contributed by atoms with Crippen molar-refractivity contribution in [2.75, 3.05) is 7.11 Å². The predicted molar refractivity (Wildman–Crippen MR) is 157 cm³/mol. The smallest absolute Gasteiger partial charge is 0.132 e. The molecule has 0 radical (unpaired) electrons. The van der Waals surface area contributed by atoms with Crippen molar-refractivity contribution in [3.8, 4) is 0 Å². The topological polar surface area (TPSA) is 26.3 Å². The van der Waals surface area contributed by atoms with Crippen molar-refractivity contribution in [1.29, 1.82) is 0 Å². The summed E-state index contributed by atoms with van der Waals surface area (Å²) >= 11 is 0. The lowest BCUT2D eigenvalue weighted by Crippen LogP contribution is -2.23. The SMILES string of the molecule is CC.CC.CC.CC.CC.CC.CC.CCCCCCCCCC(C)C(CC(C)=O)OC. The van der Waals surface area contributed by atoms with E-state index in [1.807, 2.05) is 96.9 Å². The molecule has 2 unspecified atom stereocenters. The van der Waals surface area contributed by atoms with E-state index in [4.69, 9.17) is 4.74 Å². The van der Waals surface area contributed by atoms with Crippen LogP contribution in [0.1, 0.15) is 175 Å². The second-order valence-electron chi connectivity index (χ2n) is 5.57. The monoisotopic (exact) mass is 467 g/mol. The molecule has 0 aromatic rings. The average molecular weight is 467 g/mol. The molecular weight excluding hydrogens is 392 g/mol. The van der Waals surface area contributed by atoms with Crippen LogP contribution in [0.15, 0.2) is 0 Å². The predicted octanol–water partition coefficient (Wildman–Crippen LogP) is 11.9. The number of hydrogen-bond donors (Lipinski definition) is 0. The first kappa shape index (κ1) is 53.1. The summed E-state index contributed by atoms with van der Waals surface area (Å²) in [6.07, 6.45) is 11.3. The minimum absolute atomic E-state index is 0.114. The summed E-state index contributed by atoms with van der Waals surface area (Å²) in [5.74, 6) is 0.725. The Morgan fingerprint density at radius 2 is 0.938 bits per heavy atom. The third-order valence-corrected chi connectivity index (χ3v) is 3.69. The van der Waals surface area contributed by atoms with E-state index in [1.54, 1.807) is 14.0 Å². The van der Waals surface area contributed by atoms with Crippen molar-refractivity contribution in [3.05, 3.63) is 0 Å². The summed E-state index contributed by atoms with van der Waals surface area (Å²) in [5.41, 5.74) is 0. The van der Waals surface area contributed by atoms with Gasteiger partial charge in [-0.2, -0.15) is 0 Å². The van der Waals surface area contributed by atoms with E-state index >= 15 is 0 Å². The Morgan fingerprint density at radius 3 is 1.22 bits per heavy atom. The van der Waals surface area contributed by atoms with Crippen molar-refractivity contribution in [2.24, 2.45) is 5.92 Å². The van der Waals surface area contributed by atoms with Crippen LogP contribution in [0, 0.1) is 5.92 Å². The highest BCUT2D eigenvalue weighted by molar-refractivity contribution is 5.76. The molecule has 32 heavy (non-hydrogen) atoms. The molecule has 0 heterocycles. The number of ether oxygens (including phenoxy) is 1. The maximum atomic E-state index is 11.1. The Labute approximate surface area is 210 Å². The number of carbonyl (C=O) groups excluding carboxylic acids is 1. The summed E-state index contributed by atoms with van der Waals surface area (Å²) < 4.78 is 5.41. The van der Waals surface area contributed by atoms with Crippen LogP contribution >= 0.6 is 0 Å². The van der Waals surface area contributed by atoms with Gasteiger partial charge in [0.2, 0.25) is 0 Å². The number of ketones is 1. The van der Waals surface area contributed by atoms with Gasteiger partial charge >= 0.3 is 0 Å². The van der Waals surface area contributed by atoms with Crippen LogP contribution in [0.4, 0.5) is 0 Å². The molecular formula is C30H74O2. The van der Waals surface area contributed by atoms with Crippen molar-refractivity contribution < 1.29 is 9.53 Å². The largest absolute Gasteiger partial charge is 0.381 e. The zero-order chi connectivity index (χ0) is 27.8. The van der Waals surface area contributed by atoms with Gasteiger partial charge in [-0.15, -0.1) is 0 Å². The van der Waals surface area contributed by atoms with Crippen LogP contribution < -0.4 is 0 Å². The first-order chi connectivity index (χ1) is 15.6. The van der Waals surface area contributed by atoms with E-state index in [1.165, 1.54) is 51.4 Å². The van der Waals surface area contributed by atoms with Gasteiger partial charge in [0.05, 0.1) is 6.10 Å². The summed E-state index contributed by atoms with van der Waals surface area (Å²) in [7, 11) is 1.72. The number of rotatable bonds is 12. The maximum Gasteiger partial charge on any atom is 0.132 e. The first-order valence-electron chi connectivity index (χ1n) is 14.6. The minimum atomic E-state index is 0.114. The summed E-state index contributed by atoms with van der Waals surface area (Å²) in [4.78, 5) is 11.1. The fourth-order valence-electron chi connectivity index (χ4n) is 2.41. The van der Waals surface area contributed by atoms with E-state index in [0.717, 1.165) is 0 Å². The van der Waals surface area contributed by atoms with Gasteiger partial charge in [-0.1, -0.05) is 156 Å². The normalized spacial score (nSPS) is 9.44. The highest BCUT2D eigenvalue weighted by atomic mass is 16.5. The van der Waals surface area contributed by atoms with E-state index in [-0.39, 0.29) is 11.9 Å². The average Bonchev–Trinajstić information content (AvgIpc) is 2.90.